The second kappa shape index (κ2) is 3.64. The number of imidazole rings is 1. The fraction of sp³-hybridized carbons (Fsp3) is 0.100. The maximum Gasteiger partial charge on any atom is 0.167 e. The van der Waals surface area contributed by atoms with Crippen LogP contribution < -0.4 is 5.73 Å². The number of benzene rings is 1. The minimum Gasteiger partial charge on any atom is -0.399 e. The predicted molar refractivity (Wildman–Crippen MR) is 60.1 cm³/mol. The highest BCUT2D eigenvalue weighted by molar-refractivity contribution is 7.99. The van der Waals surface area contributed by atoms with Crippen LogP contribution in [0.25, 0.3) is 11.0 Å². The third kappa shape index (κ3) is 1.68. The molecule has 3 nitrogen and oxygen atoms in total. The highest BCUT2D eigenvalue weighted by atomic mass is 32.2. The van der Waals surface area contributed by atoms with Gasteiger partial charge in [0.05, 0.1) is 16.8 Å². The number of anilines is 1. The van der Waals surface area contributed by atoms with Crippen LogP contribution >= 0.6 is 11.8 Å². The predicted octanol–water partition coefficient (Wildman–Crippen LogP) is 1.87. The molecule has 1 aromatic heterocycles. The molecule has 1 heterocycles. The lowest BCUT2D eigenvalue weighted by Gasteiger charge is -1.89. The van der Waals surface area contributed by atoms with Crippen molar-refractivity contribution in [3.63, 3.8) is 0 Å². The SMILES string of the molecule is C#CCSc1nc2ccc(N)cc2[nH]1. The molecule has 0 radical (unpaired) electrons. The monoisotopic (exact) mass is 203 g/mol. The lowest BCUT2D eigenvalue weighted by atomic mass is 10.3. The Morgan fingerprint density at radius 3 is 3.21 bits per heavy atom. The maximum atomic E-state index is 5.65. The minimum atomic E-state index is 0.620. The van der Waals surface area contributed by atoms with E-state index in [1.54, 1.807) is 0 Å². The summed E-state index contributed by atoms with van der Waals surface area (Å²) in [5, 5.41) is 0.837. The Hall–Kier alpha value is -1.60. The molecule has 70 valence electrons. The van der Waals surface area contributed by atoms with Gasteiger partial charge < -0.3 is 10.7 Å². The van der Waals surface area contributed by atoms with Crippen molar-refractivity contribution in [1.29, 1.82) is 0 Å². The molecule has 1 aromatic carbocycles. The Bertz CT molecular complexity index is 496. The van der Waals surface area contributed by atoms with E-state index in [1.165, 1.54) is 11.8 Å². The number of fused-ring (bicyclic) bond motifs is 1. The number of nitrogen functional groups attached to an aromatic ring is 1. The second-order valence-electron chi connectivity index (χ2n) is 2.81. The van der Waals surface area contributed by atoms with E-state index >= 15 is 0 Å². The molecular formula is C10H9N3S. The zero-order valence-corrected chi connectivity index (χ0v) is 8.27. The van der Waals surface area contributed by atoms with Crippen molar-refractivity contribution in [3.05, 3.63) is 18.2 Å². The molecule has 0 bridgehead atoms. The molecule has 0 aliphatic rings. The first-order valence-electron chi connectivity index (χ1n) is 4.11. The smallest absolute Gasteiger partial charge is 0.167 e. The number of nitrogens with two attached hydrogens (primary N) is 1. The van der Waals surface area contributed by atoms with Gasteiger partial charge in [-0.3, -0.25) is 0 Å². The molecule has 0 atom stereocenters. The molecule has 0 saturated heterocycles. The summed E-state index contributed by atoms with van der Waals surface area (Å²) in [4.78, 5) is 7.50. The van der Waals surface area contributed by atoms with Gasteiger partial charge in [0.15, 0.2) is 5.16 Å². The van der Waals surface area contributed by atoms with E-state index in [-0.39, 0.29) is 0 Å². The van der Waals surface area contributed by atoms with Crippen molar-refractivity contribution in [2.75, 3.05) is 11.5 Å². The van der Waals surface area contributed by atoms with E-state index < -0.39 is 0 Å². The van der Waals surface area contributed by atoms with Gasteiger partial charge in [0.25, 0.3) is 0 Å². The van der Waals surface area contributed by atoms with Gasteiger partial charge in [-0.2, -0.15) is 0 Å². The Kier molecular flexibility index (Phi) is 2.33. The molecule has 2 aromatic rings. The Labute approximate surface area is 86.1 Å². The summed E-state index contributed by atoms with van der Waals surface area (Å²) in [6, 6.07) is 5.59. The average Bonchev–Trinajstić information content (AvgIpc) is 2.56. The number of H-pyrrole nitrogens is 1. The van der Waals surface area contributed by atoms with Crippen molar-refractivity contribution >= 4 is 28.5 Å². The molecule has 4 heteroatoms. The second-order valence-corrected chi connectivity index (χ2v) is 3.78. The topological polar surface area (TPSA) is 54.7 Å². The summed E-state index contributed by atoms with van der Waals surface area (Å²) < 4.78 is 0. The van der Waals surface area contributed by atoms with E-state index in [0.29, 0.717) is 5.75 Å². The first-order chi connectivity index (χ1) is 6.79. The van der Waals surface area contributed by atoms with Crippen LogP contribution in [0.1, 0.15) is 0 Å². The fourth-order valence-electron chi connectivity index (χ4n) is 1.18. The van der Waals surface area contributed by atoms with E-state index in [1.807, 2.05) is 18.2 Å². The van der Waals surface area contributed by atoms with Crippen LogP contribution in [0.15, 0.2) is 23.4 Å². The van der Waals surface area contributed by atoms with Crippen LogP contribution in [0, 0.1) is 12.3 Å². The minimum absolute atomic E-state index is 0.620. The number of hydrogen-bond donors (Lipinski definition) is 2. The molecule has 0 aliphatic heterocycles. The molecular weight excluding hydrogens is 194 g/mol. The number of aromatic nitrogens is 2. The van der Waals surface area contributed by atoms with Gasteiger partial charge in [-0.05, 0) is 18.2 Å². The summed E-state index contributed by atoms with van der Waals surface area (Å²) in [6.45, 7) is 0. The van der Waals surface area contributed by atoms with Gasteiger partial charge in [-0.1, -0.05) is 17.7 Å². The van der Waals surface area contributed by atoms with E-state index in [0.717, 1.165) is 21.9 Å². The molecule has 0 spiro atoms. The largest absolute Gasteiger partial charge is 0.399 e. The number of aromatic amines is 1. The lowest BCUT2D eigenvalue weighted by molar-refractivity contribution is 1.08. The zero-order valence-electron chi connectivity index (χ0n) is 7.45. The zero-order chi connectivity index (χ0) is 9.97. The van der Waals surface area contributed by atoms with Crippen molar-refractivity contribution in [2.45, 2.75) is 5.16 Å². The van der Waals surface area contributed by atoms with Crippen molar-refractivity contribution in [2.24, 2.45) is 0 Å². The summed E-state index contributed by atoms with van der Waals surface area (Å²) >= 11 is 1.51. The molecule has 0 saturated carbocycles. The normalized spacial score (nSPS) is 10.2. The van der Waals surface area contributed by atoms with Crippen LogP contribution in [0.3, 0.4) is 0 Å². The van der Waals surface area contributed by atoms with Crippen molar-refractivity contribution in [1.82, 2.24) is 9.97 Å². The van der Waals surface area contributed by atoms with Crippen LogP contribution in [0.2, 0.25) is 0 Å². The average molecular weight is 203 g/mol. The van der Waals surface area contributed by atoms with Crippen molar-refractivity contribution < 1.29 is 0 Å². The lowest BCUT2D eigenvalue weighted by Crippen LogP contribution is -1.82. The van der Waals surface area contributed by atoms with E-state index in [9.17, 15) is 0 Å². The first kappa shape index (κ1) is 8.97. The molecule has 0 aliphatic carbocycles. The van der Waals surface area contributed by atoms with Gasteiger partial charge in [-0.25, -0.2) is 4.98 Å². The van der Waals surface area contributed by atoms with Gasteiger partial charge >= 0.3 is 0 Å². The number of thioether (sulfide) groups is 1. The summed E-state index contributed by atoms with van der Waals surface area (Å²) in [5.74, 6) is 3.17. The number of terminal acetylenes is 1. The number of nitrogens with one attached hydrogen (secondary N) is 1. The fourth-order valence-corrected chi connectivity index (χ4v) is 1.75. The van der Waals surface area contributed by atoms with Gasteiger partial charge in [0.2, 0.25) is 0 Å². The summed E-state index contributed by atoms with van der Waals surface area (Å²) in [7, 11) is 0. The maximum absolute atomic E-state index is 5.65. The van der Waals surface area contributed by atoms with Gasteiger partial charge in [0.1, 0.15) is 0 Å². The standard InChI is InChI=1S/C10H9N3S/c1-2-5-14-10-12-8-4-3-7(11)6-9(8)13-10/h1,3-4,6H,5,11H2,(H,12,13). The van der Waals surface area contributed by atoms with E-state index in [4.69, 9.17) is 12.2 Å². The summed E-state index contributed by atoms with van der Waals surface area (Å²) in [6.07, 6.45) is 5.16. The first-order valence-corrected chi connectivity index (χ1v) is 5.09. The highest BCUT2D eigenvalue weighted by Crippen LogP contribution is 2.20. The quantitative estimate of drug-likeness (QED) is 0.445. The molecule has 2 rings (SSSR count). The van der Waals surface area contributed by atoms with Crippen molar-refractivity contribution in [3.8, 4) is 12.3 Å². The van der Waals surface area contributed by atoms with Crippen LogP contribution in [-0.2, 0) is 0 Å². The van der Waals surface area contributed by atoms with Crippen LogP contribution in [-0.4, -0.2) is 15.7 Å². The molecule has 14 heavy (non-hydrogen) atoms. The van der Waals surface area contributed by atoms with Gasteiger partial charge in [0, 0.05) is 5.69 Å². The van der Waals surface area contributed by atoms with Crippen LogP contribution in [0.4, 0.5) is 5.69 Å². The Morgan fingerprint density at radius 1 is 1.57 bits per heavy atom. The molecule has 0 amide bonds. The third-order valence-electron chi connectivity index (χ3n) is 1.78. The molecule has 0 fully saturated rings. The Balaban J connectivity index is 2.37. The summed E-state index contributed by atoms with van der Waals surface area (Å²) in [5.41, 5.74) is 8.24. The molecule has 3 N–H and O–H groups in total. The number of nitrogens with zero attached hydrogens (tertiary/aromatic N) is 1. The van der Waals surface area contributed by atoms with E-state index in [2.05, 4.69) is 15.9 Å². The third-order valence-corrected chi connectivity index (χ3v) is 2.55. The van der Waals surface area contributed by atoms with Crippen LogP contribution in [0.5, 0.6) is 0 Å². The number of rotatable bonds is 2. The highest BCUT2D eigenvalue weighted by Gasteiger charge is 2.02. The molecule has 0 unspecified atom stereocenters. The Morgan fingerprint density at radius 2 is 2.43 bits per heavy atom. The number of hydrogen-bond acceptors (Lipinski definition) is 3. The van der Waals surface area contributed by atoms with Gasteiger partial charge in [-0.15, -0.1) is 6.42 Å².